The Balaban J connectivity index is 2.84. The molecule has 1 N–H and O–H groups in total. The standard InChI is InChI=1S/C13H16FNO/c1-13(2,3)12(15-16)9-6-10-4-7-11(14)8-5-10/h4-9,16H,1-3H3/b9-6+,15-12+. The molecule has 1 aromatic carbocycles. The van der Waals surface area contributed by atoms with Gasteiger partial charge in [0.15, 0.2) is 0 Å². The average Bonchev–Trinajstić information content (AvgIpc) is 2.19. The minimum absolute atomic E-state index is 0.217. The summed E-state index contributed by atoms with van der Waals surface area (Å²) in [6, 6.07) is 6.13. The van der Waals surface area contributed by atoms with E-state index >= 15 is 0 Å². The first-order chi connectivity index (χ1) is 7.43. The van der Waals surface area contributed by atoms with E-state index in [1.54, 1.807) is 24.3 Å². The van der Waals surface area contributed by atoms with E-state index < -0.39 is 0 Å². The zero-order chi connectivity index (χ0) is 12.2. The lowest BCUT2D eigenvalue weighted by molar-refractivity contribution is 0.312. The van der Waals surface area contributed by atoms with E-state index in [0.29, 0.717) is 5.71 Å². The highest BCUT2D eigenvalue weighted by Gasteiger charge is 2.16. The SMILES string of the molecule is CC(C)(C)C(/C=C/c1ccc(F)cc1)=N/O. The summed E-state index contributed by atoms with van der Waals surface area (Å²) < 4.78 is 12.7. The number of hydrogen-bond donors (Lipinski definition) is 1. The maximum atomic E-state index is 12.7. The van der Waals surface area contributed by atoms with Gasteiger partial charge in [0, 0.05) is 5.41 Å². The Hall–Kier alpha value is -1.64. The van der Waals surface area contributed by atoms with Crippen molar-refractivity contribution < 1.29 is 9.60 Å². The lowest BCUT2D eigenvalue weighted by Gasteiger charge is -2.16. The molecule has 86 valence electrons. The maximum absolute atomic E-state index is 12.7. The summed E-state index contributed by atoms with van der Waals surface area (Å²) in [4.78, 5) is 0. The van der Waals surface area contributed by atoms with Crippen LogP contribution in [0.4, 0.5) is 4.39 Å². The van der Waals surface area contributed by atoms with Crippen LogP contribution in [-0.4, -0.2) is 10.9 Å². The van der Waals surface area contributed by atoms with Gasteiger partial charge in [-0.05, 0) is 23.8 Å². The van der Waals surface area contributed by atoms with E-state index in [9.17, 15) is 4.39 Å². The van der Waals surface area contributed by atoms with Gasteiger partial charge < -0.3 is 5.21 Å². The third-order valence-electron chi connectivity index (χ3n) is 2.18. The summed E-state index contributed by atoms with van der Waals surface area (Å²) in [6.07, 6.45) is 3.52. The minimum Gasteiger partial charge on any atom is -0.411 e. The Labute approximate surface area is 95.1 Å². The molecular weight excluding hydrogens is 205 g/mol. The van der Waals surface area contributed by atoms with Crippen LogP contribution in [-0.2, 0) is 0 Å². The number of oxime groups is 1. The summed E-state index contributed by atoms with van der Waals surface area (Å²) in [7, 11) is 0. The fourth-order valence-electron chi connectivity index (χ4n) is 1.18. The quantitative estimate of drug-likeness (QED) is 0.461. The highest BCUT2D eigenvalue weighted by atomic mass is 19.1. The van der Waals surface area contributed by atoms with Gasteiger partial charge in [-0.1, -0.05) is 44.1 Å². The molecule has 3 heteroatoms. The molecule has 16 heavy (non-hydrogen) atoms. The molecule has 1 rings (SSSR count). The van der Waals surface area contributed by atoms with Crippen LogP contribution in [0.2, 0.25) is 0 Å². The van der Waals surface area contributed by atoms with E-state index in [-0.39, 0.29) is 11.2 Å². The van der Waals surface area contributed by atoms with Gasteiger partial charge in [0.1, 0.15) is 5.82 Å². The van der Waals surface area contributed by atoms with Gasteiger partial charge in [0.05, 0.1) is 5.71 Å². The van der Waals surface area contributed by atoms with Gasteiger partial charge in [-0.3, -0.25) is 0 Å². The van der Waals surface area contributed by atoms with Crippen molar-refractivity contribution in [1.29, 1.82) is 0 Å². The van der Waals surface area contributed by atoms with Crippen molar-refractivity contribution in [3.05, 3.63) is 41.7 Å². The second-order valence-electron chi connectivity index (χ2n) is 4.62. The molecule has 0 radical (unpaired) electrons. The lowest BCUT2D eigenvalue weighted by atomic mass is 9.89. The average molecular weight is 221 g/mol. The molecule has 0 heterocycles. The topological polar surface area (TPSA) is 32.6 Å². The number of rotatable bonds is 2. The van der Waals surface area contributed by atoms with Crippen LogP contribution in [0, 0.1) is 11.2 Å². The van der Waals surface area contributed by atoms with E-state index in [1.165, 1.54) is 12.1 Å². The fraction of sp³-hybridized carbons (Fsp3) is 0.308. The third kappa shape index (κ3) is 3.50. The number of allylic oxidation sites excluding steroid dienone is 1. The molecule has 0 unspecified atom stereocenters. The Kier molecular flexibility index (Phi) is 3.82. The van der Waals surface area contributed by atoms with Crippen molar-refractivity contribution in [2.24, 2.45) is 10.6 Å². The molecule has 0 bridgehead atoms. The van der Waals surface area contributed by atoms with Crippen molar-refractivity contribution in [2.45, 2.75) is 20.8 Å². The molecule has 0 amide bonds. The number of nitrogens with zero attached hydrogens (tertiary/aromatic N) is 1. The molecule has 0 fully saturated rings. The Morgan fingerprint density at radius 1 is 1.25 bits per heavy atom. The molecular formula is C13H16FNO. The monoisotopic (exact) mass is 221 g/mol. The summed E-state index contributed by atoms with van der Waals surface area (Å²) >= 11 is 0. The first-order valence-electron chi connectivity index (χ1n) is 5.09. The van der Waals surface area contributed by atoms with Gasteiger partial charge in [-0.2, -0.15) is 0 Å². The number of hydrogen-bond acceptors (Lipinski definition) is 2. The van der Waals surface area contributed by atoms with Crippen LogP contribution in [0.25, 0.3) is 6.08 Å². The minimum atomic E-state index is -0.260. The highest BCUT2D eigenvalue weighted by molar-refractivity contribution is 6.01. The fourth-order valence-corrected chi connectivity index (χ4v) is 1.18. The van der Waals surface area contributed by atoms with Crippen molar-refractivity contribution >= 4 is 11.8 Å². The molecule has 0 saturated carbocycles. The predicted molar refractivity (Wildman–Crippen MR) is 64.1 cm³/mol. The van der Waals surface area contributed by atoms with E-state index in [2.05, 4.69) is 5.16 Å². The first kappa shape index (κ1) is 12.4. The molecule has 0 saturated heterocycles. The normalized spacial score (nSPS) is 13.4. The van der Waals surface area contributed by atoms with Crippen LogP contribution < -0.4 is 0 Å². The molecule has 1 aromatic rings. The zero-order valence-electron chi connectivity index (χ0n) is 9.74. The van der Waals surface area contributed by atoms with Crippen LogP contribution in [0.1, 0.15) is 26.3 Å². The van der Waals surface area contributed by atoms with Gasteiger partial charge in [-0.15, -0.1) is 0 Å². The van der Waals surface area contributed by atoms with E-state index in [1.807, 2.05) is 20.8 Å². The predicted octanol–water partition coefficient (Wildman–Crippen LogP) is 3.72. The van der Waals surface area contributed by atoms with Crippen molar-refractivity contribution in [2.75, 3.05) is 0 Å². The van der Waals surface area contributed by atoms with Crippen LogP contribution in [0.5, 0.6) is 0 Å². The molecule has 2 nitrogen and oxygen atoms in total. The second kappa shape index (κ2) is 4.92. The molecule has 0 aliphatic heterocycles. The van der Waals surface area contributed by atoms with Gasteiger partial charge in [-0.25, -0.2) is 4.39 Å². The van der Waals surface area contributed by atoms with E-state index in [0.717, 1.165) is 5.56 Å². The molecule has 0 atom stereocenters. The van der Waals surface area contributed by atoms with Gasteiger partial charge in [0.25, 0.3) is 0 Å². The largest absolute Gasteiger partial charge is 0.411 e. The molecule has 0 aromatic heterocycles. The Morgan fingerprint density at radius 2 is 1.81 bits per heavy atom. The summed E-state index contributed by atoms with van der Waals surface area (Å²) in [5.41, 5.74) is 1.23. The number of benzene rings is 1. The van der Waals surface area contributed by atoms with E-state index in [4.69, 9.17) is 5.21 Å². The van der Waals surface area contributed by atoms with Crippen LogP contribution in [0.15, 0.2) is 35.5 Å². The third-order valence-corrected chi connectivity index (χ3v) is 2.18. The maximum Gasteiger partial charge on any atom is 0.123 e. The highest BCUT2D eigenvalue weighted by Crippen LogP contribution is 2.17. The summed E-state index contributed by atoms with van der Waals surface area (Å²) in [5, 5.41) is 12.1. The van der Waals surface area contributed by atoms with Gasteiger partial charge >= 0.3 is 0 Å². The Morgan fingerprint density at radius 3 is 2.25 bits per heavy atom. The van der Waals surface area contributed by atoms with Gasteiger partial charge in [0.2, 0.25) is 0 Å². The summed E-state index contributed by atoms with van der Waals surface area (Å²) in [5.74, 6) is -0.260. The van der Waals surface area contributed by atoms with Crippen LogP contribution >= 0.6 is 0 Å². The molecule has 0 aliphatic carbocycles. The van der Waals surface area contributed by atoms with Crippen molar-refractivity contribution in [3.8, 4) is 0 Å². The molecule has 0 aliphatic rings. The Bertz CT molecular complexity index is 399. The lowest BCUT2D eigenvalue weighted by Crippen LogP contribution is -2.17. The molecule has 0 spiro atoms. The van der Waals surface area contributed by atoms with Crippen LogP contribution in [0.3, 0.4) is 0 Å². The second-order valence-corrected chi connectivity index (χ2v) is 4.62. The van der Waals surface area contributed by atoms with Crippen molar-refractivity contribution in [3.63, 3.8) is 0 Å². The first-order valence-corrected chi connectivity index (χ1v) is 5.09. The summed E-state index contributed by atoms with van der Waals surface area (Å²) in [6.45, 7) is 5.87. The zero-order valence-corrected chi connectivity index (χ0v) is 9.74. The number of halogens is 1. The smallest absolute Gasteiger partial charge is 0.123 e. The van der Waals surface area contributed by atoms with Crippen molar-refractivity contribution in [1.82, 2.24) is 0 Å².